The van der Waals surface area contributed by atoms with Gasteiger partial charge in [-0.1, -0.05) is 0 Å². The number of ether oxygens (including phenoxy) is 1. The van der Waals surface area contributed by atoms with Gasteiger partial charge in [0.15, 0.2) is 5.54 Å². The molecule has 0 saturated heterocycles. The summed E-state index contributed by atoms with van der Waals surface area (Å²) in [6.07, 6.45) is 0. The lowest BCUT2D eigenvalue weighted by Crippen LogP contribution is -2.55. The van der Waals surface area contributed by atoms with Crippen molar-refractivity contribution in [2.24, 2.45) is 0 Å². The summed E-state index contributed by atoms with van der Waals surface area (Å²) < 4.78 is 31.8. The molecule has 1 unspecified atom stereocenters. The minimum atomic E-state index is -3.71. The number of carboxylic acids is 1. The number of aliphatic carboxylic acids is 1. The Morgan fingerprint density at radius 3 is 2.04 bits per heavy atom. The minimum absolute atomic E-state index is 0.0110. The third kappa shape index (κ3) is 5.80. The molecule has 1 rings (SSSR count). The Labute approximate surface area is 147 Å². The summed E-state index contributed by atoms with van der Waals surface area (Å²) in [7, 11) is -2.38. The molecule has 0 heterocycles. The molecule has 1 aromatic carbocycles. The second-order valence-corrected chi connectivity index (χ2v) is 8.59. The van der Waals surface area contributed by atoms with Crippen LogP contribution in [-0.4, -0.2) is 50.2 Å². The highest BCUT2D eigenvalue weighted by Crippen LogP contribution is 2.15. The van der Waals surface area contributed by atoms with E-state index in [1.807, 2.05) is 0 Å². The molecule has 140 valence electrons. The highest BCUT2D eigenvalue weighted by atomic mass is 32.2. The van der Waals surface area contributed by atoms with Gasteiger partial charge in [-0.15, -0.1) is 0 Å². The molecule has 0 spiro atoms. The monoisotopic (exact) mass is 372 g/mol. The van der Waals surface area contributed by atoms with E-state index in [2.05, 4.69) is 10.0 Å². The first-order valence-electron chi connectivity index (χ1n) is 7.50. The van der Waals surface area contributed by atoms with Crippen molar-refractivity contribution in [3.8, 4) is 0 Å². The topological polar surface area (TPSA) is 122 Å². The SMILES string of the molecule is COCC(C)(NC(=O)c1ccc(S(=O)(=O)NC(C)(C)C)cc1)C(=O)O. The van der Waals surface area contributed by atoms with Crippen LogP contribution in [0.25, 0.3) is 0 Å². The van der Waals surface area contributed by atoms with Gasteiger partial charge in [0.2, 0.25) is 10.0 Å². The Hall–Kier alpha value is -1.97. The summed E-state index contributed by atoms with van der Waals surface area (Å²) in [6.45, 7) is 6.26. The maximum atomic E-state index is 12.2. The average Bonchev–Trinajstić information content (AvgIpc) is 2.45. The predicted octanol–water partition coefficient (Wildman–Crippen LogP) is 0.983. The molecule has 8 nitrogen and oxygen atoms in total. The van der Waals surface area contributed by atoms with Gasteiger partial charge in [0.05, 0.1) is 11.5 Å². The summed E-state index contributed by atoms with van der Waals surface area (Å²) in [5.74, 6) is -1.88. The third-order valence-electron chi connectivity index (χ3n) is 3.16. The number of carboxylic acid groups (broad SMARTS) is 1. The van der Waals surface area contributed by atoms with Crippen molar-refractivity contribution in [2.45, 2.75) is 43.7 Å². The number of sulfonamides is 1. The number of carbonyl (C=O) groups is 2. The number of benzene rings is 1. The summed E-state index contributed by atoms with van der Waals surface area (Å²) in [6, 6.07) is 5.22. The van der Waals surface area contributed by atoms with Gasteiger partial charge < -0.3 is 15.2 Å². The molecule has 0 aliphatic rings. The van der Waals surface area contributed by atoms with E-state index in [4.69, 9.17) is 4.74 Å². The lowest BCUT2D eigenvalue weighted by molar-refractivity contribution is -0.145. The average molecular weight is 372 g/mol. The number of nitrogens with one attached hydrogen (secondary N) is 2. The minimum Gasteiger partial charge on any atom is -0.479 e. The highest BCUT2D eigenvalue weighted by molar-refractivity contribution is 7.89. The first-order chi connectivity index (χ1) is 11.3. The van der Waals surface area contributed by atoms with E-state index in [1.165, 1.54) is 38.3 Å². The molecule has 0 radical (unpaired) electrons. The number of amides is 1. The summed E-state index contributed by atoms with van der Waals surface area (Å²) in [5, 5.41) is 11.6. The molecule has 3 N–H and O–H groups in total. The highest BCUT2D eigenvalue weighted by Gasteiger charge is 2.35. The zero-order valence-electron chi connectivity index (χ0n) is 14.9. The van der Waals surface area contributed by atoms with E-state index < -0.39 is 33.0 Å². The van der Waals surface area contributed by atoms with Crippen molar-refractivity contribution < 1.29 is 27.9 Å². The molecule has 25 heavy (non-hydrogen) atoms. The summed E-state index contributed by atoms with van der Waals surface area (Å²) in [4.78, 5) is 23.6. The third-order valence-corrected chi connectivity index (χ3v) is 4.94. The molecule has 1 amide bonds. The lowest BCUT2D eigenvalue weighted by Gasteiger charge is -2.25. The van der Waals surface area contributed by atoms with Gasteiger partial charge in [-0.25, -0.2) is 17.9 Å². The number of methoxy groups -OCH3 is 1. The fraction of sp³-hybridized carbons (Fsp3) is 0.500. The van der Waals surface area contributed by atoms with Crippen LogP contribution in [0.2, 0.25) is 0 Å². The number of hydrogen-bond acceptors (Lipinski definition) is 5. The van der Waals surface area contributed by atoms with Crippen LogP contribution in [-0.2, 0) is 19.6 Å². The first kappa shape index (κ1) is 21.1. The van der Waals surface area contributed by atoms with Gasteiger partial charge >= 0.3 is 5.97 Å². The van der Waals surface area contributed by atoms with Crippen molar-refractivity contribution in [1.29, 1.82) is 0 Å². The standard InChI is InChI=1S/C16H24N2O6S/c1-15(2,3)18-25(22,23)12-8-6-11(7-9-12)13(19)17-16(4,10-24-5)14(20)21/h6-9,18H,10H2,1-5H3,(H,17,19)(H,20,21). The molecule has 0 aliphatic carbocycles. The Balaban J connectivity index is 2.99. The zero-order chi connectivity index (χ0) is 19.5. The van der Waals surface area contributed by atoms with Gasteiger partial charge in [-0.3, -0.25) is 4.79 Å². The molecule has 9 heteroatoms. The molecule has 0 fully saturated rings. The van der Waals surface area contributed by atoms with Gasteiger partial charge in [-0.2, -0.15) is 0 Å². The van der Waals surface area contributed by atoms with Gasteiger partial charge in [0, 0.05) is 18.2 Å². The number of rotatable bonds is 7. The van der Waals surface area contributed by atoms with E-state index in [0.29, 0.717) is 0 Å². The maximum absolute atomic E-state index is 12.2. The fourth-order valence-electron chi connectivity index (χ4n) is 2.01. The van der Waals surface area contributed by atoms with Gasteiger partial charge in [-0.05, 0) is 52.0 Å². The second kappa shape index (κ2) is 7.51. The number of carbonyl (C=O) groups excluding carboxylic acids is 1. The Bertz CT molecular complexity index is 737. The first-order valence-corrected chi connectivity index (χ1v) is 8.98. The maximum Gasteiger partial charge on any atom is 0.331 e. The van der Waals surface area contributed by atoms with Crippen LogP contribution in [0.4, 0.5) is 0 Å². The van der Waals surface area contributed by atoms with Crippen LogP contribution in [0.1, 0.15) is 38.1 Å². The number of hydrogen-bond donors (Lipinski definition) is 3. The Morgan fingerprint density at radius 1 is 1.12 bits per heavy atom. The smallest absolute Gasteiger partial charge is 0.331 e. The molecule has 1 atom stereocenters. The van der Waals surface area contributed by atoms with Crippen LogP contribution in [0, 0.1) is 0 Å². The van der Waals surface area contributed by atoms with Gasteiger partial charge in [0.25, 0.3) is 5.91 Å². The normalized spacial score (nSPS) is 14.6. The zero-order valence-corrected chi connectivity index (χ0v) is 15.7. The molecule has 0 aromatic heterocycles. The van der Waals surface area contributed by atoms with E-state index in [9.17, 15) is 23.1 Å². The van der Waals surface area contributed by atoms with Crippen molar-refractivity contribution in [3.63, 3.8) is 0 Å². The predicted molar refractivity (Wildman–Crippen MR) is 91.9 cm³/mol. The Kier molecular flexibility index (Phi) is 6.33. The molecular weight excluding hydrogens is 348 g/mol. The molecule has 0 aliphatic heterocycles. The van der Waals surface area contributed by atoms with Crippen LogP contribution in [0.15, 0.2) is 29.2 Å². The largest absolute Gasteiger partial charge is 0.479 e. The van der Waals surface area contributed by atoms with E-state index in [0.717, 1.165) is 0 Å². The molecule has 1 aromatic rings. The lowest BCUT2D eigenvalue weighted by atomic mass is 10.0. The van der Waals surface area contributed by atoms with E-state index in [1.54, 1.807) is 20.8 Å². The van der Waals surface area contributed by atoms with Crippen molar-refractivity contribution in [3.05, 3.63) is 29.8 Å². The van der Waals surface area contributed by atoms with Gasteiger partial charge in [0.1, 0.15) is 0 Å². The van der Waals surface area contributed by atoms with Crippen LogP contribution in [0.5, 0.6) is 0 Å². The van der Waals surface area contributed by atoms with Crippen molar-refractivity contribution in [2.75, 3.05) is 13.7 Å². The quantitative estimate of drug-likeness (QED) is 0.656. The summed E-state index contributed by atoms with van der Waals surface area (Å²) >= 11 is 0. The van der Waals surface area contributed by atoms with Crippen molar-refractivity contribution in [1.82, 2.24) is 10.0 Å². The fourth-order valence-corrected chi connectivity index (χ4v) is 3.43. The van der Waals surface area contributed by atoms with Crippen LogP contribution >= 0.6 is 0 Å². The van der Waals surface area contributed by atoms with Crippen molar-refractivity contribution >= 4 is 21.9 Å². The summed E-state index contributed by atoms with van der Waals surface area (Å²) in [5.41, 5.74) is -2.10. The second-order valence-electron chi connectivity index (χ2n) is 6.90. The molecule has 0 bridgehead atoms. The molecule has 0 saturated carbocycles. The van der Waals surface area contributed by atoms with Crippen LogP contribution in [0.3, 0.4) is 0 Å². The van der Waals surface area contributed by atoms with E-state index >= 15 is 0 Å². The molecular formula is C16H24N2O6S. The van der Waals surface area contributed by atoms with Crippen LogP contribution < -0.4 is 10.0 Å². The van der Waals surface area contributed by atoms with E-state index in [-0.39, 0.29) is 17.1 Å². The Morgan fingerprint density at radius 2 is 1.64 bits per heavy atom.